The number of nitrogens with zero attached hydrogens (tertiary/aromatic N) is 2. The Hall–Kier alpha value is -1.82. The molecule has 1 saturated heterocycles. The molecule has 0 aromatic heterocycles. The van der Waals surface area contributed by atoms with Gasteiger partial charge in [-0.2, -0.15) is 13.2 Å². The molecule has 29 heavy (non-hydrogen) atoms. The molecule has 0 bridgehead atoms. The summed E-state index contributed by atoms with van der Waals surface area (Å²) in [5.74, 6) is 0. The number of hydrogen-bond acceptors (Lipinski definition) is 6. The molecule has 2 N–H and O–H groups in total. The zero-order valence-electron chi connectivity index (χ0n) is 15.7. The zero-order valence-corrected chi connectivity index (χ0v) is 16.5. The Bertz CT molecular complexity index is 775. The highest BCUT2D eigenvalue weighted by atomic mass is 32.2. The van der Waals surface area contributed by atoms with Crippen LogP contribution in [0.15, 0.2) is 35.3 Å². The molecular weight excluding hydrogens is 413 g/mol. The van der Waals surface area contributed by atoms with Crippen LogP contribution in [0.25, 0.3) is 0 Å². The van der Waals surface area contributed by atoms with Gasteiger partial charge >= 0.3 is 12.3 Å². The van der Waals surface area contributed by atoms with E-state index in [1.807, 2.05) is 0 Å². The SMILES string of the molecule is CN(C(=O)O)C1=N[C@@H]2C[C@H](OCc3ccccc3)[C@@H]([C@@](C)(O)C(F)(F)F)O[C@@H]2S1. The molecule has 7 nitrogen and oxygen atoms in total. The summed E-state index contributed by atoms with van der Waals surface area (Å²) in [7, 11) is 1.29. The lowest BCUT2D eigenvalue weighted by atomic mass is 9.88. The Morgan fingerprint density at radius 1 is 1.38 bits per heavy atom. The fourth-order valence-electron chi connectivity index (χ4n) is 3.13. The molecule has 0 unspecified atom stereocenters. The van der Waals surface area contributed by atoms with E-state index in [-0.39, 0.29) is 18.2 Å². The van der Waals surface area contributed by atoms with E-state index in [1.165, 1.54) is 7.05 Å². The Morgan fingerprint density at radius 2 is 2.03 bits per heavy atom. The first-order valence-electron chi connectivity index (χ1n) is 8.82. The number of thioether (sulfide) groups is 1. The highest BCUT2D eigenvalue weighted by molar-refractivity contribution is 8.14. The first-order valence-corrected chi connectivity index (χ1v) is 9.70. The van der Waals surface area contributed by atoms with E-state index in [0.717, 1.165) is 22.2 Å². The smallest absolute Gasteiger partial charge is 0.419 e. The van der Waals surface area contributed by atoms with Crippen molar-refractivity contribution in [1.29, 1.82) is 0 Å². The summed E-state index contributed by atoms with van der Waals surface area (Å²) < 4.78 is 51.8. The van der Waals surface area contributed by atoms with Crippen molar-refractivity contribution in [3.05, 3.63) is 35.9 Å². The lowest BCUT2D eigenvalue weighted by Crippen LogP contribution is -2.62. The standard InChI is InChI=1S/C18H21F3N2O5S/c1-17(26,18(19,20)21)13-12(27-9-10-6-4-3-5-7-10)8-11-14(28-13)29-15(22-11)23(2)16(24)25/h3-7,11-14,26H,8-9H2,1-2H3,(H,24,25)/t11-,12+,13+,14-,17-/m1/s1. The lowest BCUT2D eigenvalue weighted by molar-refractivity contribution is -0.313. The monoisotopic (exact) mass is 434 g/mol. The van der Waals surface area contributed by atoms with Crippen LogP contribution in [0.4, 0.5) is 18.0 Å². The number of aliphatic hydroxyl groups is 1. The Morgan fingerprint density at radius 3 is 2.62 bits per heavy atom. The minimum absolute atomic E-state index is 0.0371. The van der Waals surface area contributed by atoms with Crippen LogP contribution >= 0.6 is 11.8 Å². The number of benzene rings is 1. The number of aliphatic imine (C=N–C) groups is 1. The molecule has 1 aromatic carbocycles. The number of ether oxygens (including phenoxy) is 2. The third kappa shape index (κ3) is 4.52. The summed E-state index contributed by atoms with van der Waals surface area (Å²) in [4.78, 5) is 16.3. The van der Waals surface area contributed by atoms with Crippen LogP contribution < -0.4 is 0 Å². The predicted octanol–water partition coefficient (Wildman–Crippen LogP) is 3.08. The minimum atomic E-state index is -4.94. The summed E-state index contributed by atoms with van der Waals surface area (Å²) in [6, 6.07) is 8.32. The molecule has 5 atom stereocenters. The first-order chi connectivity index (χ1) is 13.5. The fourth-order valence-corrected chi connectivity index (χ4v) is 4.27. The third-order valence-electron chi connectivity index (χ3n) is 4.91. The van der Waals surface area contributed by atoms with E-state index in [4.69, 9.17) is 14.6 Å². The van der Waals surface area contributed by atoms with Crippen LogP contribution in [0.3, 0.4) is 0 Å². The second-order valence-electron chi connectivity index (χ2n) is 7.08. The highest BCUT2D eigenvalue weighted by Gasteiger charge is 2.61. The van der Waals surface area contributed by atoms with Gasteiger partial charge in [-0.25, -0.2) is 4.79 Å². The molecule has 2 aliphatic heterocycles. The molecule has 3 rings (SSSR count). The number of carboxylic acid groups (broad SMARTS) is 1. The number of amidine groups is 1. The van der Waals surface area contributed by atoms with Crippen molar-refractivity contribution >= 4 is 23.0 Å². The van der Waals surface area contributed by atoms with Gasteiger partial charge in [0.25, 0.3) is 0 Å². The molecule has 2 aliphatic rings. The summed E-state index contributed by atoms with van der Waals surface area (Å²) in [5.41, 5.74) is -3.24. The van der Waals surface area contributed by atoms with Gasteiger partial charge in [0.15, 0.2) is 10.8 Å². The molecule has 1 amide bonds. The van der Waals surface area contributed by atoms with Gasteiger partial charge in [0.2, 0.25) is 0 Å². The lowest BCUT2D eigenvalue weighted by Gasteiger charge is -2.44. The van der Waals surface area contributed by atoms with Crippen LogP contribution in [-0.4, -0.2) is 68.9 Å². The molecule has 0 radical (unpaired) electrons. The maximum Gasteiger partial charge on any atom is 0.419 e. The number of halogens is 3. The topological polar surface area (TPSA) is 91.6 Å². The average molecular weight is 434 g/mol. The predicted molar refractivity (Wildman–Crippen MR) is 99.6 cm³/mol. The van der Waals surface area contributed by atoms with E-state index >= 15 is 0 Å². The van der Waals surface area contributed by atoms with Crippen molar-refractivity contribution in [2.75, 3.05) is 7.05 Å². The number of rotatable bonds is 4. The van der Waals surface area contributed by atoms with Gasteiger partial charge in [0, 0.05) is 13.5 Å². The van der Waals surface area contributed by atoms with Crippen LogP contribution in [0.2, 0.25) is 0 Å². The quantitative estimate of drug-likeness (QED) is 0.757. The zero-order chi connectivity index (χ0) is 21.4. The van der Waals surface area contributed by atoms with Gasteiger partial charge in [0.05, 0.1) is 18.8 Å². The van der Waals surface area contributed by atoms with E-state index in [0.29, 0.717) is 6.92 Å². The van der Waals surface area contributed by atoms with Crippen LogP contribution in [0.5, 0.6) is 0 Å². The van der Waals surface area contributed by atoms with Gasteiger partial charge in [-0.15, -0.1) is 0 Å². The van der Waals surface area contributed by atoms with Crippen molar-refractivity contribution in [3.8, 4) is 0 Å². The molecule has 1 fully saturated rings. The van der Waals surface area contributed by atoms with E-state index in [9.17, 15) is 23.1 Å². The maximum absolute atomic E-state index is 13.5. The van der Waals surface area contributed by atoms with Crippen LogP contribution in [0.1, 0.15) is 18.9 Å². The molecule has 0 saturated carbocycles. The number of alkyl halides is 3. The number of amides is 1. The molecule has 0 spiro atoms. The van der Waals surface area contributed by atoms with Crippen molar-refractivity contribution in [1.82, 2.24) is 4.90 Å². The molecule has 1 aromatic rings. The largest absolute Gasteiger partial charge is 0.465 e. The van der Waals surface area contributed by atoms with E-state index in [2.05, 4.69) is 4.99 Å². The third-order valence-corrected chi connectivity index (χ3v) is 6.16. The fraction of sp³-hybridized carbons (Fsp3) is 0.556. The highest BCUT2D eigenvalue weighted by Crippen LogP contribution is 2.44. The van der Waals surface area contributed by atoms with Gasteiger partial charge < -0.3 is 19.7 Å². The van der Waals surface area contributed by atoms with Crippen molar-refractivity contribution in [2.45, 2.75) is 55.4 Å². The van der Waals surface area contributed by atoms with Gasteiger partial charge in [-0.3, -0.25) is 9.89 Å². The summed E-state index contributed by atoms with van der Waals surface area (Å²) in [6.45, 7) is 0.692. The van der Waals surface area contributed by atoms with E-state index < -0.39 is 41.6 Å². The first kappa shape index (κ1) is 21.9. The summed E-state index contributed by atoms with van der Waals surface area (Å²) in [6.07, 6.45) is -8.91. The Kier molecular flexibility index (Phi) is 6.13. The van der Waals surface area contributed by atoms with E-state index in [1.54, 1.807) is 30.3 Å². The normalized spacial score (nSPS) is 29.0. The summed E-state index contributed by atoms with van der Waals surface area (Å²) >= 11 is 0.917. The van der Waals surface area contributed by atoms with Crippen LogP contribution in [-0.2, 0) is 16.1 Å². The summed E-state index contributed by atoms with van der Waals surface area (Å²) in [5, 5.41) is 19.5. The molecule has 160 valence electrons. The molecule has 2 heterocycles. The molecular formula is C18H21F3N2O5S. The second kappa shape index (κ2) is 8.13. The second-order valence-corrected chi connectivity index (χ2v) is 8.15. The van der Waals surface area contributed by atoms with Crippen LogP contribution in [0, 0.1) is 0 Å². The molecule has 11 heteroatoms. The van der Waals surface area contributed by atoms with Gasteiger partial charge in [0.1, 0.15) is 11.5 Å². The van der Waals surface area contributed by atoms with Crippen molar-refractivity contribution in [2.24, 2.45) is 4.99 Å². The van der Waals surface area contributed by atoms with Gasteiger partial charge in [-0.1, -0.05) is 42.1 Å². The Labute approximate surface area is 169 Å². The molecule has 0 aliphatic carbocycles. The number of carbonyl (C=O) groups is 1. The van der Waals surface area contributed by atoms with Crippen molar-refractivity contribution < 1.29 is 37.7 Å². The maximum atomic E-state index is 13.5. The Balaban J connectivity index is 1.82. The number of fused-ring (bicyclic) bond motifs is 1. The van der Waals surface area contributed by atoms with Crippen molar-refractivity contribution in [3.63, 3.8) is 0 Å². The number of hydrogen-bond donors (Lipinski definition) is 2. The van der Waals surface area contributed by atoms with Gasteiger partial charge in [-0.05, 0) is 12.5 Å². The average Bonchev–Trinajstić information content (AvgIpc) is 3.07. The minimum Gasteiger partial charge on any atom is -0.465 e.